The first-order chi connectivity index (χ1) is 9.45. The van der Waals surface area contributed by atoms with Crippen molar-refractivity contribution in [1.82, 2.24) is 5.32 Å². The van der Waals surface area contributed by atoms with E-state index in [-0.39, 0.29) is 23.1 Å². The molecule has 5 heteroatoms. The average molecular weight is 302 g/mol. The highest BCUT2D eigenvalue weighted by molar-refractivity contribution is 6.33. The van der Waals surface area contributed by atoms with Crippen LogP contribution in [0, 0.1) is 17.7 Å². The molecule has 20 heavy (non-hydrogen) atoms. The summed E-state index contributed by atoms with van der Waals surface area (Å²) in [5, 5.41) is 11.8. The minimum atomic E-state index is -0.627. The van der Waals surface area contributed by atoms with Crippen LogP contribution in [0.1, 0.15) is 37.0 Å². The highest BCUT2D eigenvalue weighted by atomic mass is 35.5. The molecular weight excluding hydrogens is 281 g/mol. The molecule has 0 radical (unpaired) electrons. The fourth-order valence-corrected chi connectivity index (χ4v) is 2.44. The van der Waals surface area contributed by atoms with Crippen LogP contribution in [0.15, 0.2) is 18.2 Å². The van der Waals surface area contributed by atoms with Crippen molar-refractivity contribution in [3.63, 3.8) is 0 Å². The number of rotatable bonds is 7. The fraction of sp³-hybridized carbons (Fsp3) is 0.533. The first-order valence-electron chi connectivity index (χ1n) is 6.78. The largest absolute Gasteiger partial charge is 0.396 e. The standard InChI is InChI=1S/C15H21ClFNO2/c1-10(2)8-11(6-7-19)9-18-15(20)14-12(16)4-3-5-13(14)17/h3-5,10-11,19H,6-9H2,1-2H3,(H,18,20). The van der Waals surface area contributed by atoms with Crippen molar-refractivity contribution in [3.05, 3.63) is 34.6 Å². The van der Waals surface area contributed by atoms with Gasteiger partial charge in [-0.2, -0.15) is 0 Å². The van der Waals surface area contributed by atoms with Crippen LogP contribution in [0.4, 0.5) is 4.39 Å². The summed E-state index contributed by atoms with van der Waals surface area (Å²) in [6, 6.07) is 4.15. The van der Waals surface area contributed by atoms with E-state index in [1.165, 1.54) is 18.2 Å². The fourth-order valence-electron chi connectivity index (χ4n) is 2.19. The number of nitrogens with one attached hydrogen (secondary N) is 1. The second-order valence-electron chi connectivity index (χ2n) is 5.31. The van der Waals surface area contributed by atoms with E-state index in [1.807, 2.05) is 0 Å². The van der Waals surface area contributed by atoms with Crippen LogP contribution in [0.2, 0.25) is 5.02 Å². The molecule has 0 bridgehead atoms. The van der Waals surface area contributed by atoms with Gasteiger partial charge in [0, 0.05) is 13.2 Å². The lowest BCUT2D eigenvalue weighted by Crippen LogP contribution is -2.31. The van der Waals surface area contributed by atoms with Gasteiger partial charge in [0.05, 0.1) is 10.6 Å². The number of carbonyl (C=O) groups excluding carboxylic acids is 1. The molecule has 0 spiro atoms. The second-order valence-corrected chi connectivity index (χ2v) is 5.72. The number of aliphatic hydroxyl groups excluding tert-OH is 1. The summed E-state index contributed by atoms with van der Waals surface area (Å²) in [6.07, 6.45) is 1.51. The predicted molar refractivity (Wildman–Crippen MR) is 78.4 cm³/mol. The van der Waals surface area contributed by atoms with Crippen molar-refractivity contribution < 1.29 is 14.3 Å². The maximum Gasteiger partial charge on any atom is 0.255 e. The van der Waals surface area contributed by atoms with Gasteiger partial charge in [-0.3, -0.25) is 4.79 Å². The Morgan fingerprint density at radius 3 is 2.70 bits per heavy atom. The van der Waals surface area contributed by atoms with Crippen LogP contribution in [-0.2, 0) is 0 Å². The quantitative estimate of drug-likeness (QED) is 0.812. The van der Waals surface area contributed by atoms with E-state index in [4.69, 9.17) is 16.7 Å². The SMILES string of the molecule is CC(C)CC(CCO)CNC(=O)c1c(F)cccc1Cl. The zero-order chi connectivity index (χ0) is 15.1. The predicted octanol–water partition coefficient (Wildman–Crippen LogP) is 3.25. The molecule has 1 aromatic rings. The topological polar surface area (TPSA) is 49.3 Å². The molecule has 0 fully saturated rings. The Balaban J connectivity index is 2.65. The van der Waals surface area contributed by atoms with Crippen molar-refractivity contribution >= 4 is 17.5 Å². The molecule has 0 aliphatic rings. The Bertz CT molecular complexity index is 431. The third-order valence-electron chi connectivity index (χ3n) is 3.08. The van der Waals surface area contributed by atoms with E-state index in [9.17, 15) is 9.18 Å². The number of hydrogen-bond acceptors (Lipinski definition) is 2. The normalized spacial score (nSPS) is 12.5. The lowest BCUT2D eigenvalue weighted by molar-refractivity contribution is 0.0937. The Morgan fingerprint density at radius 1 is 1.45 bits per heavy atom. The summed E-state index contributed by atoms with van der Waals surface area (Å²) in [4.78, 5) is 12.0. The highest BCUT2D eigenvalue weighted by Crippen LogP contribution is 2.19. The molecule has 1 unspecified atom stereocenters. The van der Waals surface area contributed by atoms with Crippen LogP contribution >= 0.6 is 11.6 Å². The van der Waals surface area contributed by atoms with Crippen molar-refractivity contribution in [2.45, 2.75) is 26.7 Å². The molecule has 0 aliphatic carbocycles. The highest BCUT2D eigenvalue weighted by Gasteiger charge is 2.17. The van der Waals surface area contributed by atoms with Crippen molar-refractivity contribution in [3.8, 4) is 0 Å². The number of aliphatic hydroxyl groups is 1. The summed E-state index contributed by atoms with van der Waals surface area (Å²) in [5.74, 6) is -0.493. The van der Waals surface area contributed by atoms with Gasteiger partial charge in [-0.25, -0.2) is 4.39 Å². The Morgan fingerprint density at radius 2 is 2.15 bits per heavy atom. The minimum Gasteiger partial charge on any atom is -0.396 e. The third kappa shape index (κ3) is 5.10. The van der Waals surface area contributed by atoms with Gasteiger partial charge in [-0.1, -0.05) is 31.5 Å². The van der Waals surface area contributed by atoms with Gasteiger partial charge in [-0.15, -0.1) is 0 Å². The van der Waals surface area contributed by atoms with Crippen molar-refractivity contribution in [1.29, 1.82) is 0 Å². The summed E-state index contributed by atoms with van der Waals surface area (Å²) in [7, 11) is 0. The van der Waals surface area contributed by atoms with E-state index in [0.29, 0.717) is 18.9 Å². The van der Waals surface area contributed by atoms with Crippen LogP contribution in [-0.4, -0.2) is 24.2 Å². The van der Waals surface area contributed by atoms with E-state index in [1.54, 1.807) is 0 Å². The molecule has 1 rings (SSSR count). The molecule has 0 aliphatic heterocycles. The van der Waals surface area contributed by atoms with Gasteiger partial charge in [0.2, 0.25) is 0 Å². The molecule has 0 saturated heterocycles. The van der Waals surface area contributed by atoms with E-state index in [0.717, 1.165) is 6.42 Å². The van der Waals surface area contributed by atoms with Crippen molar-refractivity contribution in [2.24, 2.45) is 11.8 Å². The molecule has 3 nitrogen and oxygen atoms in total. The lowest BCUT2D eigenvalue weighted by Gasteiger charge is -2.19. The van der Waals surface area contributed by atoms with Crippen molar-refractivity contribution in [2.75, 3.05) is 13.2 Å². The second kappa shape index (κ2) is 8.22. The van der Waals surface area contributed by atoms with Crippen LogP contribution in [0.25, 0.3) is 0 Å². The molecular formula is C15H21ClFNO2. The van der Waals surface area contributed by atoms with E-state index >= 15 is 0 Å². The number of carbonyl (C=O) groups is 1. The average Bonchev–Trinajstić information content (AvgIpc) is 2.35. The molecule has 0 heterocycles. The molecule has 112 valence electrons. The maximum absolute atomic E-state index is 13.6. The number of amides is 1. The molecule has 1 amide bonds. The Labute approximate surface area is 124 Å². The molecule has 0 aromatic heterocycles. The number of benzene rings is 1. The summed E-state index contributed by atoms with van der Waals surface area (Å²) in [5.41, 5.74) is -0.124. The number of halogens is 2. The third-order valence-corrected chi connectivity index (χ3v) is 3.40. The van der Waals surface area contributed by atoms with E-state index < -0.39 is 11.7 Å². The number of hydrogen-bond donors (Lipinski definition) is 2. The van der Waals surface area contributed by atoms with Crippen LogP contribution in [0.3, 0.4) is 0 Å². The minimum absolute atomic E-state index is 0.0771. The lowest BCUT2D eigenvalue weighted by atomic mass is 9.94. The summed E-state index contributed by atoms with van der Waals surface area (Å²) >= 11 is 5.84. The molecule has 1 aromatic carbocycles. The summed E-state index contributed by atoms with van der Waals surface area (Å²) < 4.78 is 13.6. The molecule has 2 N–H and O–H groups in total. The first kappa shape index (κ1) is 16.9. The maximum atomic E-state index is 13.6. The monoisotopic (exact) mass is 301 g/mol. The van der Waals surface area contributed by atoms with Gasteiger partial charge in [0.1, 0.15) is 5.82 Å². The van der Waals surface area contributed by atoms with E-state index in [2.05, 4.69) is 19.2 Å². The Kier molecular flexibility index (Phi) is 6.96. The first-order valence-corrected chi connectivity index (χ1v) is 7.16. The van der Waals surface area contributed by atoms with Gasteiger partial charge >= 0.3 is 0 Å². The van der Waals surface area contributed by atoms with Crippen LogP contribution in [0.5, 0.6) is 0 Å². The Hall–Kier alpha value is -1.13. The van der Waals surface area contributed by atoms with Crippen LogP contribution < -0.4 is 5.32 Å². The zero-order valence-corrected chi connectivity index (χ0v) is 12.6. The molecule has 1 atom stereocenters. The van der Waals surface area contributed by atoms with Gasteiger partial charge in [0.15, 0.2) is 0 Å². The zero-order valence-electron chi connectivity index (χ0n) is 11.8. The van der Waals surface area contributed by atoms with Gasteiger partial charge in [0.25, 0.3) is 5.91 Å². The van der Waals surface area contributed by atoms with Gasteiger partial charge in [-0.05, 0) is 36.8 Å². The molecule has 0 saturated carbocycles. The summed E-state index contributed by atoms with van der Waals surface area (Å²) in [6.45, 7) is 4.65. The van der Waals surface area contributed by atoms with Gasteiger partial charge < -0.3 is 10.4 Å². The smallest absolute Gasteiger partial charge is 0.255 e.